The molecule has 2 aromatic rings. The van der Waals surface area contributed by atoms with Gasteiger partial charge in [-0.15, -0.1) is 11.3 Å². The fraction of sp³-hybridized carbons (Fsp3) is 0.524. The Balaban J connectivity index is 1.33. The molecule has 2 fully saturated rings. The van der Waals surface area contributed by atoms with Crippen molar-refractivity contribution in [3.8, 4) is 16.3 Å². The maximum absolute atomic E-state index is 12.7. The Bertz CT molecular complexity index is 786. The molecule has 2 aliphatic heterocycles. The first-order chi connectivity index (χ1) is 13.7. The molecule has 7 heteroatoms. The normalized spacial score (nSPS) is 21.0. The maximum atomic E-state index is 12.7. The Kier molecular flexibility index (Phi) is 6.24. The molecular weight excluding hydrogens is 376 g/mol. The van der Waals surface area contributed by atoms with Gasteiger partial charge in [-0.3, -0.25) is 9.69 Å². The van der Waals surface area contributed by atoms with Crippen LogP contribution >= 0.6 is 11.3 Å². The van der Waals surface area contributed by atoms with E-state index in [1.807, 2.05) is 29.6 Å². The molecule has 0 N–H and O–H groups in total. The number of nitrogens with zero attached hydrogens (tertiary/aromatic N) is 2. The van der Waals surface area contributed by atoms with Gasteiger partial charge in [0.1, 0.15) is 23.4 Å². The van der Waals surface area contributed by atoms with Crippen molar-refractivity contribution in [2.75, 3.05) is 26.9 Å². The van der Waals surface area contributed by atoms with Crippen molar-refractivity contribution in [3.05, 3.63) is 35.3 Å². The fourth-order valence-electron chi connectivity index (χ4n) is 3.98. The number of carbonyl (C=O) groups is 1. The molecule has 1 unspecified atom stereocenters. The summed E-state index contributed by atoms with van der Waals surface area (Å²) in [5, 5.41) is 2.87. The Labute approximate surface area is 169 Å². The predicted octanol–water partition coefficient (Wildman–Crippen LogP) is 3.51. The fourth-order valence-corrected chi connectivity index (χ4v) is 4.79. The molecule has 1 aromatic heterocycles. The second-order valence-corrected chi connectivity index (χ2v) is 8.08. The highest BCUT2D eigenvalue weighted by Gasteiger charge is 2.37. The van der Waals surface area contributed by atoms with E-state index in [4.69, 9.17) is 14.2 Å². The molecule has 1 aromatic carbocycles. The van der Waals surface area contributed by atoms with Crippen molar-refractivity contribution < 1.29 is 19.0 Å². The number of benzene rings is 1. The number of likely N-dealkylation sites (tertiary alicyclic amines) is 1. The molecule has 1 atom stereocenters. The van der Waals surface area contributed by atoms with Gasteiger partial charge >= 0.3 is 5.97 Å². The lowest BCUT2D eigenvalue weighted by atomic mass is 10.1. The minimum absolute atomic E-state index is 0.122. The minimum atomic E-state index is -0.122. The molecule has 0 bridgehead atoms. The van der Waals surface area contributed by atoms with E-state index in [1.54, 1.807) is 18.4 Å². The van der Waals surface area contributed by atoms with Gasteiger partial charge in [-0.25, -0.2) is 4.98 Å². The molecule has 28 heavy (non-hydrogen) atoms. The van der Waals surface area contributed by atoms with Crippen molar-refractivity contribution in [1.82, 2.24) is 9.88 Å². The van der Waals surface area contributed by atoms with Crippen LogP contribution in [-0.2, 0) is 20.9 Å². The molecule has 0 aliphatic carbocycles. The summed E-state index contributed by atoms with van der Waals surface area (Å²) >= 11 is 1.56. The van der Waals surface area contributed by atoms with Crippen LogP contribution in [0.15, 0.2) is 29.6 Å². The first-order valence-electron chi connectivity index (χ1n) is 9.83. The molecule has 0 amide bonds. The lowest BCUT2D eigenvalue weighted by molar-refractivity contribution is -0.151. The van der Waals surface area contributed by atoms with Gasteiger partial charge in [0.25, 0.3) is 0 Å². The van der Waals surface area contributed by atoms with E-state index < -0.39 is 0 Å². The van der Waals surface area contributed by atoms with Gasteiger partial charge in [0, 0.05) is 30.2 Å². The van der Waals surface area contributed by atoms with E-state index in [1.165, 1.54) is 0 Å². The second-order valence-electron chi connectivity index (χ2n) is 7.22. The van der Waals surface area contributed by atoms with E-state index in [9.17, 15) is 4.79 Å². The van der Waals surface area contributed by atoms with Crippen LogP contribution in [0.25, 0.3) is 10.6 Å². The van der Waals surface area contributed by atoms with Crippen LogP contribution in [0.5, 0.6) is 5.75 Å². The van der Waals surface area contributed by atoms with Crippen LogP contribution < -0.4 is 4.74 Å². The number of ether oxygens (including phenoxy) is 3. The summed E-state index contributed by atoms with van der Waals surface area (Å²) in [6, 6.07) is 8.12. The van der Waals surface area contributed by atoms with Crippen molar-refractivity contribution >= 4 is 17.3 Å². The predicted molar refractivity (Wildman–Crippen MR) is 107 cm³/mol. The summed E-state index contributed by atoms with van der Waals surface area (Å²) in [5.74, 6) is 0.697. The Hall–Kier alpha value is -1.96. The summed E-state index contributed by atoms with van der Waals surface area (Å²) in [6.45, 7) is 2.78. The smallest absolute Gasteiger partial charge is 0.323 e. The van der Waals surface area contributed by atoms with E-state index in [2.05, 4.69) is 9.88 Å². The number of thiazole rings is 1. The molecule has 0 radical (unpaired) electrons. The van der Waals surface area contributed by atoms with Gasteiger partial charge in [-0.05, 0) is 56.5 Å². The molecule has 0 saturated carbocycles. The second kappa shape index (κ2) is 9.03. The van der Waals surface area contributed by atoms with Crippen molar-refractivity contribution in [2.24, 2.45) is 0 Å². The summed E-state index contributed by atoms with van der Waals surface area (Å²) in [6.07, 6.45) is 3.93. The molecule has 0 spiro atoms. The van der Waals surface area contributed by atoms with Crippen molar-refractivity contribution in [1.29, 1.82) is 0 Å². The van der Waals surface area contributed by atoms with Gasteiger partial charge in [-0.1, -0.05) is 0 Å². The number of carbonyl (C=O) groups excluding carboxylic acids is 1. The number of rotatable bonds is 6. The van der Waals surface area contributed by atoms with Crippen LogP contribution in [0.3, 0.4) is 0 Å². The van der Waals surface area contributed by atoms with Crippen LogP contribution in [0.1, 0.15) is 31.4 Å². The highest BCUT2D eigenvalue weighted by molar-refractivity contribution is 7.13. The Morgan fingerprint density at radius 2 is 2.04 bits per heavy atom. The summed E-state index contributed by atoms with van der Waals surface area (Å²) in [5.41, 5.74) is 1.82. The average molecular weight is 403 g/mol. The summed E-state index contributed by atoms with van der Waals surface area (Å²) in [4.78, 5) is 19.6. The number of methoxy groups -OCH3 is 1. The molecule has 3 heterocycles. The highest BCUT2D eigenvalue weighted by Crippen LogP contribution is 2.28. The van der Waals surface area contributed by atoms with E-state index in [-0.39, 0.29) is 18.6 Å². The van der Waals surface area contributed by atoms with Crippen LogP contribution in [0.4, 0.5) is 0 Å². The third-order valence-electron chi connectivity index (χ3n) is 5.48. The minimum Gasteiger partial charge on any atom is -0.497 e. The average Bonchev–Trinajstić information content (AvgIpc) is 3.43. The lowest BCUT2D eigenvalue weighted by Gasteiger charge is -2.34. The quantitative estimate of drug-likeness (QED) is 0.689. The van der Waals surface area contributed by atoms with Crippen LogP contribution in [-0.4, -0.2) is 54.8 Å². The number of hydrogen-bond acceptors (Lipinski definition) is 7. The van der Waals surface area contributed by atoms with E-state index in [0.29, 0.717) is 6.04 Å². The number of esters is 1. The summed E-state index contributed by atoms with van der Waals surface area (Å²) in [7, 11) is 1.65. The van der Waals surface area contributed by atoms with Gasteiger partial charge in [0.15, 0.2) is 0 Å². The molecule has 2 saturated heterocycles. The number of hydrogen-bond donors (Lipinski definition) is 0. The van der Waals surface area contributed by atoms with Gasteiger partial charge in [0.2, 0.25) is 0 Å². The van der Waals surface area contributed by atoms with E-state index >= 15 is 0 Å². The third-order valence-corrected chi connectivity index (χ3v) is 6.42. The first-order valence-corrected chi connectivity index (χ1v) is 10.7. The van der Waals surface area contributed by atoms with Gasteiger partial charge in [-0.2, -0.15) is 0 Å². The monoisotopic (exact) mass is 402 g/mol. The van der Waals surface area contributed by atoms with Gasteiger partial charge < -0.3 is 14.2 Å². The largest absolute Gasteiger partial charge is 0.497 e. The molecule has 2 aliphatic rings. The van der Waals surface area contributed by atoms with Crippen LogP contribution in [0.2, 0.25) is 0 Å². The SMILES string of the molecule is COc1ccc(-c2nc(COC(=O)C3CCCN3C3CCOCC3)cs2)cc1. The van der Waals surface area contributed by atoms with Crippen molar-refractivity contribution in [3.63, 3.8) is 0 Å². The zero-order valence-electron chi connectivity index (χ0n) is 16.1. The maximum Gasteiger partial charge on any atom is 0.323 e. The summed E-state index contributed by atoms with van der Waals surface area (Å²) < 4.78 is 16.3. The zero-order chi connectivity index (χ0) is 19.3. The zero-order valence-corrected chi connectivity index (χ0v) is 17.0. The Morgan fingerprint density at radius 1 is 1.25 bits per heavy atom. The Morgan fingerprint density at radius 3 is 2.79 bits per heavy atom. The van der Waals surface area contributed by atoms with Crippen LogP contribution in [0, 0.1) is 0 Å². The number of aromatic nitrogens is 1. The standard InChI is InChI=1S/C21H26N2O4S/c1-25-18-6-4-15(5-7-18)20-22-16(14-28-20)13-27-21(24)19-3-2-10-23(19)17-8-11-26-12-9-17/h4-7,14,17,19H,2-3,8-13H2,1H3. The third kappa shape index (κ3) is 4.37. The molecule has 6 nitrogen and oxygen atoms in total. The molecule has 150 valence electrons. The van der Waals surface area contributed by atoms with E-state index in [0.717, 1.165) is 67.5 Å². The topological polar surface area (TPSA) is 60.9 Å². The first kappa shape index (κ1) is 19.4. The highest BCUT2D eigenvalue weighted by atomic mass is 32.1. The van der Waals surface area contributed by atoms with Gasteiger partial charge in [0.05, 0.1) is 12.8 Å². The van der Waals surface area contributed by atoms with Crippen molar-refractivity contribution in [2.45, 2.75) is 44.4 Å². The molecular formula is C21H26N2O4S. The lowest BCUT2D eigenvalue weighted by Crippen LogP contribution is -2.46. The molecule has 4 rings (SSSR count).